The molecule has 314 valence electrons. The van der Waals surface area contributed by atoms with Crippen molar-refractivity contribution in [2.75, 3.05) is 96.3 Å². The molecule has 6 rings (SSSR count). The van der Waals surface area contributed by atoms with E-state index in [1.807, 2.05) is 0 Å². The smallest absolute Gasteiger partial charge is 0.264 e. The van der Waals surface area contributed by atoms with Crippen LogP contribution in [0.15, 0.2) is 60.7 Å². The van der Waals surface area contributed by atoms with E-state index in [9.17, 15) is 24.0 Å². The van der Waals surface area contributed by atoms with Gasteiger partial charge in [-0.05, 0) is 67.4 Å². The Kier molecular flexibility index (Phi) is 16.3. The largest absolute Gasteiger partial charge is 0.383 e. The predicted octanol–water partition coefficient (Wildman–Crippen LogP) is 3.79. The van der Waals surface area contributed by atoms with E-state index in [1.165, 1.54) is 10.3 Å². The fourth-order valence-corrected chi connectivity index (χ4v) is 7.52. The molecule has 1 aromatic heterocycles. The van der Waals surface area contributed by atoms with E-state index in [0.29, 0.717) is 84.8 Å². The average Bonchev–Trinajstić information content (AvgIpc) is 3.76. The minimum absolute atomic E-state index is 0.0567. The number of hydrogen-bond acceptors (Lipinski definition) is 14. The Balaban J connectivity index is 0.701. The summed E-state index contributed by atoms with van der Waals surface area (Å²) in [6.07, 6.45) is 0.382. The molecule has 0 bridgehead atoms. The van der Waals surface area contributed by atoms with Gasteiger partial charge in [-0.2, -0.15) is 0 Å². The van der Waals surface area contributed by atoms with Crippen LogP contribution in [0, 0.1) is 6.92 Å². The van der Waals surface area contributed by atoms with Crippen molar-refractivity contribution in [1.82, 2.24) is 20.5 Å². The summed E-state index contributed by atoms with van der Waals surface area (Å²) in [5, 5.41) is 12.5. The van der Waals surface area contributed by atoms with Crippen LogP contribution in [0.5, 0.6) is 0 Å². The first-order valence-electron chi connectivity index (χ1n) is 19.7. The summed E-state index contributed by atoms with van der Waals surface area (Å²) in [6, 6.07) is 18.4. The third-order valence-corrected chi connectivity index (χ3v) is 10.5. The number of benzene rings is 3. The molecule has 0 spiro atoms. The number of amides is 5. The van der Waals surface area contributed by atoms with Crippen molar-refractivity contribution in [2.24, 2.45) is 0 Å². The number of aryl methyl sites for hydroxylation is 1. The van der Waals surface area contributed by atoms with Crippen molar-refractivity contribution in [1.29, 1.82) is 0 Å². The van der Waals surface area contributed by atoms with Gasteiger partial charge in [0.25, 0.3) is 11.8 Å². The van der Waals surface area contributed by atoms with E-state index in [2.05, 4.69) is 70.7 Å². The van der Waals surface area contributed by atoms with Crippen molar-refractivity contribution in [3.05, 3.63) is 77.4 Å². The number of nitrogens with one attached hydrogen (secondary N) is 4. The molecule has 17 heteroatoms. The van der Waals surface area contributed by atoms with Gasteiger partial charge in [-0.3, -0.25) is 34.2 Å². The summed E-state index contributed by atoms with van der Waals surface area (Å²) in [7, 11) is 0. The van der Waals surface area contributed by atoms with Crippen molar-refractivity contribution in [2.45, 2.75) is 32.2 Å². The van der Waals surface area contributed by atoms with Crippen molar-refractivity contribution in [3.63, 3.8) is 0 Å². The van der Waals surface area contributed by atoms with Gasteiger partial charge >= 0.3 is 0 Å². The minimum atomic E-state index is -1.02. The van der Waals surface area contributed by atoms with Gasteiger partial charge < -0.3 is 39.6 Å². The third kappa shape index (κ3) is 12.4. The number of hydrogen-bond donors (Lipinski definition) is 4. The molecule has 16 nitrogen and oxygen atoms in total. The van der Waals surface area contributed by atoms with Gasteiger partial charge in [0, 0.05) is 49.4 Å². The standard InChI is InChI=1S/C42H50N6O10S/c1-28-5-10-32-35(27-28)59-40(46-32)29-6-8-30(9-7-29)43-14-18-55-24-26-58-25-21-54-17-13-36(49)45-16-20-57-23-22-56-19-15-44-33-4-2-3-31-38(33)42(53)48(41(31)52)34-11-12-37(50)47-39(34)51/h2-10,27,34,43-44H,11-26H2,1H3,(H,45,49)(H,47,50,51). The molecule has 59 heavy (non-hydrogen) atoms. The van der Waals surface area contributed by atoms with Gasteiger partial charge in [-0.15, -0.1) is 11.3 Å². The Morgan fingerprint density at radius 3 is 2.15 bits per heavy atom. The summed E-state index contributed by atoms with van der Waals surface area (Å²) in [5.41, 5.74) is 5.24. The quantitative estimate of drug-likeness (QED) is 0.0557. The predicted molar refractivity (Wildman–Crippen MR) is 222 cm³/mol. The number of nitrogens with zero attached hydrogens (tertiary/aromatic N) is 2. The molecule has 5 amide bonds. The van der Waals surface area contributed by atoms with Gasteiger partial charge in [0.05, 0.1) is 87.4 Å². The first kappa shape index (κ1) is 43.3. The van der Waals surface area contributed by atoms with E-state index in [-0.39, 0.29) is 42.9 Å². The molecule has 4 N–H and O–H groups in total. The van der Waals surface area contributed by atoms with Gasteiger partial charge in [-0.25, -0.2) is 4.98 Å². The average molecular weight is 831 g/mol. The second-order valence-electron chi connectivity index (χ2n) is 13.8. The summed E-state index contributed by atoms with van der Waals surface area (Å²) in [5.74, 6) is -2.34. The fourth-order valence-electron chi connectivity index (χ4n) is 6.45. The Hall–Kier alpha value is -5.30. The lowest BCUT2D eigenvalue weighted by Gasteiger charge is -2.27. The first-order valence-corrected chi connectivity index (χ1v) is 20.6. The van der Waals surface area contributed by atoms with Crippen LogP contribution in [0.25, 0.3) is 20.8 Å². The van der Waals surface area contributed by atoms with E-state index >= 15 is 0 Å². The van der Waals surface area contributed by atoms with Gasteiger partial charge in [0.2, 0.25) is 17.7 Å². The van der Waals surface area contributed by atoms with Crippen molar-refractivity contribution < 1.29 is 47.7 Å². The van der Waals surface area contributed by atoms with Crippen LogP contribution in [0.3, 0.4) is 0 Å². The number of fused-ring (bicyclic) bond motifs is 2. The Labute approximate surface area is 346 Å². The third-order valence-electron chi connectivity index (χ3n) is 9.44. The first-order chi connectivity index (χ1) is 28.8. The molecular weight excluding hydrogens is 781 g/mol. The monoisotopic (exact) mass is 830 g/mol. The molecule has 0 saturated carbocycles. The maximum absolute atomic E-state index is 13.2. The maximum Gasteiger partial charge on any atom is 0.264 e. The summed E-state index contributed by atoms with van der Waals surface area (Å²) < 4.78 is 29.0. The van der Waals surface area contributed by atoms with Gasteiger partial charge in [-0.1, -0.05) is 12.1 Å². The molecule has 1 fully saturated rings. The normalized spacial score (nSPS) is 15.1. The molecule has 0 radical (unpaired) electrons. The number of ether oxygens (including phenoxy) is 5. The molecule has 3 aromatic carbocycles. The van der Waals surface area contributed by atoms with Crippen LogP contribution in [-0.2, 0) is 38.1 Å². The van der Waals surface area contributed by atoms with Crippen molar-refractivity contribution >= 4 is 62.5 Å². The Morgan fingerprint density at radius 2 is 1.44 bits per heavy atom. The van der Waals surface area contributed by atoms with Crippen LogP contribution in [0.4, 0.5) is 11.4 Å². The Morgan fingerprint density at radius 1 is 0.780 bits per heavy atom. The second kappa shape index (κ2) is 22.2. The lowest BCUT2D eigenvalue weighted by molar-refractivity contribution is -0.136. The molecule has 4 aromatic rings. The molecule has 1 saturated heterocycles. The van der Waals surface area contributed by atoms with Crippen LogP contribution in [-0.4, -0.2) is 131 Å². The molecule has 2 aliphatic rings. The van der Waals surface area contributed by atoms with E-state index in [1.54, 1.807) is 29.5 Å². The van der Waals surface area contributed by atoms with Crippen LogP contribution < -0.4 is 21.3 Å². The number of piperidine rings is 1. The van der Waals surface area contributed by atoms with E-state index < -0.39 is 29.7 Å². The molecule has 0 aliphatic carbocycles. The van der Waals surface area contributed by atoms with Crippen LogP contribution in [0.1, 0.15) is 45.5 Å². The number of aromatic nitrogens is 1. The number of thiazole rings is 1. The van der Waals surface area contributed by atoms with Gasteiger partial charge in [0.1, 0.15) is 11.0 Å². The maximum atomic E-state index is 13.2. The fraction of sp³-hybridized carbons (Fsp3) is 0.429. The summed E-state index contributed by atoms with van der Waals surface area (Å²) in [4.78, 5) is 67.8. The highest BCUT2D eigenvalue weighted by Gasteiger charge is 2.45. The zero-order valence-electron chi connectivity index (χ0n) is 33.0. The van der Waals surface area contributed by atoms with Gasteiger partial charge in [0.15, 0.2) is 0 Å². The zero-order chi connectivity index (χ0) is 41.4. The molecule has 3 heterocycles. The number of carbonyl (C=O) groups is 5. The second-order valence-corrected chi connectivity index (χ2v) is 14.8. The van der Waals surface area contributed by atoms with E-state index in [4.69, 9.17) is 28.7 Å². The number of anilines is 2. The Bertz CT molecular complexity index is 2080. The topological polar surface area (TPSA) is 196 Å². The molecule has 2 aliphatic heterocycles. The molecular formula is C42H50N6O10S. The highest BCUT2D eigenvalue weighted by Crippen LogP contribution is 2.33. The zero-order valence-corrected chi connectivity index (χ0v) is 33.9. The molecule has 1 atom stereocenters. The lowest BCUT2D eigenvalue weighted by atomic mass is 10.0. The molecule has 1 unspecified atom stereocenters. The highest BCUT2D eigenvalue weighted by atomic mass is 32.1. The van der Waals surface area contributed by atoms with E-state index in [0.717, 1.165) is 26.7 Å². The SMILES string of the molecule is Cc1ccc2nc(-c3ccc(NCCOCCOCCOCCC(=O)NCCOCCOCCNc4cccc5c4C(=O)N(C4CCC(=O)NC4=O)C5=O)cc3)sc2c1. The lowest BCUT2D eigenvalue weighted by Crippen LogP contribution is -2.54. The summed E-state index contributed by atoms with van der Waals surface area (Å²) in [6.45, 7) is 7.35. The highest BCUT2D eigenvalue weighted by molar-refractivity contribution is 7.21. The van der Waals surface area contributed by atoms with Crippen LogP contribution in [0.2, 0.25) is 0 Å². The number of imide groups is 2. The number of rotatable bonds is 25. The number of carbonyl (C=O) groups excluding carboxylic acids is 5. The minimum Gasteiger partial charge on any atom is -0.383 e. The van der Waals surface area contributed by atoms with Crippen LogP contribution >= 0.6 is 11.3 Å². The van der Waals surface area contributed by atoms with Crippen molar-refractivity contribution in [3.8, 4) is 10.6 Å². The summed E-state index contributed by atoms with van der Waals surface area (Å²) >= 11 is 1.70.